The van der Waals surface area contributed by atoms with Crippen molar-refractivity contribution < 1.29 is 14.0 Å². The largest absolute Gasteiger partial charge is 0.341 e. The Hall–Kier alpha value is -2.11. The molecule has 0 N–H and O–H groups in total. The van der Waals surface area contributed by atoms with Gasteiger partial charge in [0.1, 0.15) is 12.4 Å². The van der Waals surface area contributed by atoms with Gasteiger partial charge in [-0.15, -0.1) is 0 Å². The van der Waals surface area contributed by atoms with Crippen LogP contribution in [0.1, 0.15) is 20.3 Å². The molecule has 0 aromatic heterocycles. The van der Waals surface area contributed by atoms with Gasteiger partial charge in [0.15, 0.2) is 0 Å². The van der Waals surface area contributed by atoms with Crippen LogP contribution in [0.2, 0.25) is 0 Å². The minimum absolute atomic E-state index is 0.0165. The van der Waals surface area contributed by atoms with E-state index in [9.17, 15) is 14.0 Å². The average Bonchev–Trinajstić information content (AvgIpc) is 2.88. The fourth-order valence-electron chi connectivity index (χ4n) is 3.75. The van der Waals surface area contributed by atoms with Gasteiger partial charge in [0.05, 0.1) is 5.69 Å². The number of para-hydroxylation sites is 1. The first-order chi connectivity index (χ1) is 11.5. The van der Waals surface area contributed by atoms with Gasteiger partial charge in [-0.3, -0.25) is 9.69 Å². The highest BCUT2D eigenvalue weighted by atomic mass is 19.1. The average molecular weight is 333 g/mol. The molecular formula is C18H24FN3O2. The van der Waals surface area contributed by atoms with Crippen LogP contribution in [0.4, 0.5) is 14.9 Å². The Labute approximate surface area is 142 Å². The number of anilines is 1. The maximum Gasteiger partial charge on any atom is 0.325 e. The van der Waals surface area contributed by atoms with Gasteiger partial charge in [-0.2, -0.15) is 0 Å². The van der Waals surface area contributed by atoms with E-state index in [1.54, 1.807) is 18.2 Å². The van der Waals surface area contributed by atoms with E-state index in [0.29, 0.717) is 24.9 Å². The van der Waals surface area contributed by atoms with Crippen molar-refractivity contribution in [2.45, 2.75) is 20.3 Å². The summed E-state index contributed by atoms with van der Waals surface area (Å²) in [5.74, 6) is 0.540. The first-order valence-electron chi connectivity index (χ1n) is 8.54. The summed E-state index contributed by atoms with van der Waals surface area (Å²) in [4.78, 5) is 29.8. The van der Waals surface area contributed by atoms with Crippen molar-refractivity contribution in [3.63, 3.8) is 0 Å². The monoisotopic (exact) mass is 333 g/mol. The van der Waals surface area contributed by atoms with Gasteiger partial charge in [0.25, 0.3) is 0 Å². The lowest BCUT2D eigenvalue weighted by Crippen LogP contribution is -2.47. The lowest BCUT2D eigenvalue weighted by Gasteiger charge is -2.35. The number of nitrogens with zero attached hydrogens (tertiary/aromatic N) is 3. The van der Waals surface area contributed by atoms with Crippen LogP contribution in [0.3, 0.4) is 0 Å². The van der Waals surface area contributed by atoms with Crippen LogP contribution < -0.4 is 4.90 Å². The predicted molar refractivity (Wildman–Crippen MR) is 90.2 cm³/mol. The molecule has 0 radical (unpaired) electrons. The highest BCUT2D eigenvalue weighted by Gasteiger charge is 2.34. The number of benzene rings is 1. The van der Waals surface area contributed by atoms with E-state index in [2.05, 4.69) is 13.8 Å². The molecule has 2 atom stereocenters. The Kier molecular flexibility index (Phi) is 4.73. The second-order valence-electron chi connectivity index (χ2n) is 7.05. The Morgan fingerprint density at radius 2 is 1.83 bits per heavy atom. The Bertz CT molecular complexity index is 626. The summed E-state index contributed by atoms with van der Waals surface area (Å²) in [6.45, 7) is 6.72. The lowest BCUT2D eigenvalue weighted by atomic mass is 9.92. The molecule has 0 aliphatic carbocycles. The molecule has 2 heterocycles. The van der Waals surface area contributed by atoms with Gasteiger partial charge >= 0.3 is 6.03 Å². The number of likely N-dealkylation sites (tertiary alicyclic amines) is 1. The molecule has 2 aliphatic heterocycles. The normalized spacial score (nSPS) is 24.6. The minimum atomic E-state index is -0.419. The van der Waals surface area contributed by atoms with Crippen molar-refractivity contribution >= 4 is 17.6 Å². The molecule has 1 aromatic rings. The van der Waals surface area contributed by atoms with Crippen LogP contribution in [-0.2, 0) is 4.79 Å². The number of amides is 3. The van der Waals surface area contributed by atoms with Crippen molar-refractivity contribution in [3.05, 3.63) is 30.1 Å². The quantitative estimate of drug-likeness (QED) is 0.853. The van der Waals surface area contributed by atoms with Gasteiger partial charge in [0.2, 0.25) is 5.91 Å². The minimum Gasteiger partial charge on any atom is -0.341 e. The van der Waals surface area contributed by atoms with Crippen LogP contribution >= 0.6 is 0 Å². The molecule has 0 bridgehead atoms. The number of hydrogen-bond donors (Lipinski definition) is 0. The van der Waals surface area contributed by atoms with Gasteiger partial charge in [0, 0.05) is 26.2 Å². The van der Waals surface area contributed by atoms with Gasteiger partial charge in [-0.05, 0) is 30.4 Å². The molecule has 2 aliphatic rings. The molecule has 6 heteroatoms. The van der Waals surface area contributed by atoms with Gasteiger partial charge in [-0.25, -0.2) is 9.18 Å². The Morgan fingerprint density at radius 1 is 1.17 bits per heavy atom. The Morgan fingerprint density at radius 3 is 2.50 bits per heavy atom. The number of carbonyl (C=O) groups excluding carboxylic acids is 2. The molecule has 1 aromatic carbocycles. The third-order valence-corrected chi connectivity index (χ3v) is 4.79. The summed E-state index contributed by atoms with van der Waals surface area (Å²) in [5, 5.41) is 0. The highest BCUT2D eigenvalue weighted by Crippen LogP contribution is 2.24. The van der Waals surface area contributed by atoms with E-state index in [4.69, 9.17) is 0 Å². The second-order valence-corrected chi connectivity index (χ2v) is 7.05. The molecule has 3 amide bonds. The summed E-state index contributed by atoms with van der Waals surface area (Å²) in [7, 11) is 0. The lowest BCUT2D eigenvalue weighted by molar-refractivity contribution is -0.134. The van der Waals surface area contributed by atoms with Crippen LogP contribution in [0.5, 0.6) is 0 Å². The van der Waals surface area contributed by atoms with E-state index in [-0.39, 0.29) is 24.2 Å². The summed E-state index contributed by atoms with van der Waals surface area (Å²) in [6.07, 6.45) is 1.13. The van der Waals surface area contributed by atoms with E-state index in [0.717, 1.165) is 19.5 Å². The van der Waals surface area contributed by atoms with Crippen molar-refractivity contribution in [3.8, 4) is 0 Å². The summed E-state index contributed by atoms with van der Waals surface area (Å²) in [5.41, 5.74) is 0.276. The number of rotatable bonds is 3. The zero-order valence-corrected chi connectivity index (χ0v) is 14.2. The maximum atomic E-state index is 13.9. The molecule has 2 fully saturated rings. The van der Waals surface area contributed by atoms with E-state index in [1.165, 1.54) is 15.9 Å². The van der Waals surface area contributed by atoms with Crippen molar-refractivity contribution in [2.75, 3.05) is 37.6 Å². The summed E-state index contributed by atoms with van der Waals surface area (Å²) < 4.78 is 13.9. The van der Waals surface area contributed by atoms with Crippen molar-refractivity contribution in [1.82, 2.24) is 9.80 Å². The van der Waals surface area contributed by atoms with Crippen LogP contribution in [0, 0.1) is 17.7 Å². The molecule has 0 saturated carbocycles. The number of hydrogen-bond acceptors (Lipinski definition) is 2. The summed E-state index contributed by atoms with van der Waals surface area (Å²) in [6, 6.07) is 5.93. The third kappa shape index (κ3) is 3.37. The molecule has 24 heavy (non-hydrogen) atoms. The number of carbonyl (C=O) groups is 2. The third-order valence-electron chi connectivity index (χ3n) is 4.79. The fourth-order valence-corrected chi connectivity index (χ4v) is 3.75. The molecular weight excluding hydrogens is 309 g/mol. The highest BCUT2D eigenvalue weighted by molar-refractivity contribution is 5.96. The zero-order chi connectivity index (χ0) is 17.3. The van der Waals surface area contributed by atoms with E-state index >= 15 is 0 Å². The zero-order valence-electron chi connectivity index (χ0n) is 14.2. The van der Waals surface area contributed by atoms with E-state index in [1.807, 2.05) is 4.90 Å². The Balaban J connectivity index is 1.64. The smallest absolute Gasteiger partial charge is 0.325 e. The second kappa shape index (κ2) is 6.79. The number of halogens is 1. The molecule has 0 spiro atoms. The van der Waals surface area contributed by atoms with Crippen LogP contribution in [0.15, 0.2) is 24.3 Å². The first kappa shape index (κ1) is 16.7. The van der Waals surface area contributed by atoms with Gasteiger partial charge < -0.3 is 9.80 Å². The van der Waals surface area contributed by atoms with Crippen molar-refractivity contribution in [2.24, 2.45) is 11.8 Å². The number of urea groups is 1. The fraction of sp³-hybridized carbons (Fsp3) is 0.556. The molecule has 3 rings (SSSR count). The molecule has 5 nitrogen and oxygen atoms in total. The van der Waals surface area contributed by atoms with Crippen LogP contribution in [0.25, 0.3) is 0 Å². The van der Waals surface area contributed by atoms with Crippen molar-refractivity contribution in [1.29, 1.82) is 0 Å². The van der Waals surface area contributed by atoms with E-state index < -0.39 is 5.82 Å². The predicted octanol–water partition coefficient (Wildman–Crippen LogP) is 2.57. The molecule has 2 saturated heterocycles. The molecule has 130 valence electrons. The van der Waals surface area contributed by atoms with Gasteiger partial charge in [-0.1, -0.05) is 26.0 Å². The SMILES string of the molecule is CC1CC(C)CN(C(=O)CN2CCN(c3ccccc3F)C2=O)C1. The standard InChI is InChI=1S/C18H24FN3O2/c1-13-9-14(2)11-21(10-13)17(23)12-20-7-8-22(18(20)24)16-6-4-3-5-15(16)19/h3-6,13-14H,7-12H2,1-2H3. The maximum absolute atomic E-state index is 13.9. The number of piperidine rings is 1. The topological polar surface area (TPSA) is 43.9 Å². The van der Waals surface area contributed by atoms with Crippen LogP contribution in [-0.4, -0.2) is 54.5 Å². The summed E-state index contributed by atoms with van der Waals surface area (Å²) >= 11 is 0. The molecule has 2 unspecified atom stereocenters. The first-order valence-corrected chi connectivity index (χ1v) is 8.54.